The molecule has 8 nitrogen and oxygen atoms in total. The molecule has 3 aromatic rings. The molecule has 0 saturated carbocycles. The fourth-order valence-corrected chi connectivity index (χ4v) is 3.32. The number of nitrogens with zero attached hydrogens (tertiary/aromatic N) is 2. The van der Waals surface area contributed by atoms with Crippen LogP contribution in [0.1, 0.15) is 11.1 Å². The maximum Gasteiger partial charge on any atom is 0.228 e. The van der Waals surface area contributed by atoms with Crippen LogP contribution in [-0.2, 0) is 11.2 Å². The van der Waals surface area contributed by atoms with Gasteiger partial charge >= 0.3 is 0 Å². The van der Waals surface area contributed by atoms with Gasteiger partial charge in [0.05, 0.1) is 38.6 Å². The van der Waals surface area contributed by atoms with E-state index < -0.39 is 0 Å². The van der Waals surface area contributed by atoms with Gasteiger partial charge in [-0.15, -0.1) is 12.4 Å². The van der Waals surface area contributed by atoms with Gasteiger partial charge in [0.25, 0.3) is 0 Å². The average molecular weight is 452 g/mol. The molecule has 2 heterocycles. The highest BCUT2D eigenvalue weighted by Gasteiger charge is 2.21. The van der Waals surface area contributed by atoms with Crippen molar-refractivity contribution in [2.75, 3.05) is 31.4 Å². The van der Waals surface area contributed by atoms with E-state index in [1.807, 2.05) is 24.3 Å². The number of halogens is 1. The first-order valence-electron chi connectivity index (χ1n) is 9.59. The third kappa shape index (κ3) is 4.75. The molecule has 0 spiro atoms. The third-order valence-electron chi connectivity index (χ3n) is 4.74. The van der Waals surface area contributed by atoms with E-state index in [-0.39, 0.29) is 31.3 Å². The van der Waals surface area contributed by atoms with E-state index in [9.17, 15) is 4.79 Å². The Labute approximate surface area is 192 Å². The van der Waals surface area contributed by atoms with Crippen LogP contribution in [0.2, 0.25) is 0 Å². The summed E-state index contributed by atoms with van der Waals surface area (Å²) in [7, 11) is 3.16. The number of anilines is 3. The molecule has 1 amide bonds. The van der Waals surface area contributed by atoms with Crippen molar-refractivity contribution < 1.29 is 14.3 Å². The maximum absolute atomic E-state index is 12.3. The van der Waals surface area contributed by atoms with E-state index in [1.54, 1.807) is 32.5 Å². The predicted octanol–water partition coefficient (Wildman–Crippen LogP) is 3.13. The Morgan fingerprint density at radius 1 is 1.16 bits per heavy atom. The number of fused-ring (bicyclic) bond motifs is 3. The Morgan fingerprint density at radius 3 is 2.72 bits per heavy atom. The van der Waals surface area contributed by atoms with Crippen molar-refractivity contribution in [2.24, 2.45) is 5.73 Å². The molecule has 4 rings (SSSR count). The molecule has 1 aliphatic heterocycles. The van der Waals surface area contributed by atoms with Gasteiger partial charge in [0, 0.05) is 34.6 Å². The minimum Gasteiger partial charge on any atom is -0.493 e. The molecule has 164 valence electrons. The van der Waals surface area contributed by atoms with Crippen molar-refractivity contribution in [3.05, 3.63) is 53.7 Å². The monoisotopic (exact) mass is 451 g/mol. The first-order chi connectivity index (χ1) is 15.1. The first-order valence-corrected chi connectivity index (χ1v) is 9.59. The highest BCUT2D eigenvalue weighted by molar-refractivity contribution is 6.00. The number of rotatable bonds is 4. The second-order valence-corrected chi connectivity index (χ2v) is 6.75. The Kier molecular flexibility index (Phi) is 7.15. The number of hydrogen-bond acceptors (Lipinski definition) is 7. The van der Waals surface area contributed by atoms with Gasteiger partial charge in [-0.1, -0.05) is 11.8 Å². The number of methoxy groups -OCH3 is 2. The summed E-state index contributed by atoms with van der Waals surface area (Å²) >= 11 is 0. The lowest BCUT2D eigenvalue weighted by Gasteiger charge is -2.12. The van der Waals surface area contributed by atoms with Gasteiger partial charge in [-0.05, 0) is 30.3 Å². The number of carbonyl (C=O) groups is 1. The van der Waals surface area contributed by atoms with E-state index in [1.165, 1.54) is 0 Å². The summed E-state index contributed by atoms with van der Waals surface area (Å²) in [5.41, 5.74) is 9.88. The lowest BCUT2D eigenvalue weighted by molar-refractivity contribution is -0.115. The number of carbonyl (C=O) groups excluding carboxylic acids is 1. The minimum absolute atomic E-state index is 0. The number of amides is 1. The number of hydrogen-bond donors (Lipinski definition) is 3. The van der Waals surface area contributed by atoms with Gasteiger partial charge in [-0.25, -0.2) is 9.97 Å². The standard InChI is InChI=1S/C23H21N5O3.ClH/c1-30-19-8-6-16(12-20(19)31-2)26-23-25-13-15-11-21(29)27-18-7-5-14(4-3-9-24)10-17(18)22(15)28-23;/h5-8,10,12-13H,9,11,24H2,1-2H3,(H,27,29)(H,25,26,28);1H. The van der Waals surface area contributed by atoms with Crippen LogP contribution in [0, 0.1) is 11.8 Å². The van der Waals surface area contributed by atoms with Crippen molar-refractivity contribution in [1.29, 1.82) is 0 Å². The van der Waals surface area contributed by atoms with Crippen molar-refractivity contribution in [1.82, 2.24) is 9.97 Å². The Bertz CT molecular complexity index is 1220. The molecule has 1 aliphatic rings. The molecule has 0 fully saturated rings. The fraction of sp³-hybridized carbons (Fsp3) is 0.174. The molecule has 0 aliphatic carbocycles. The molecule has 1 aromatic heterocycles. The molecular formula is C23H22ClN5O3. The molecular weight excluding hydrogens is 430 g/mol. The largest absolute Gasteiger partial charge is 0.493 e. The topological polar surface area (TPSA) is 111 Å². The van der Waals surface area contributed by atoms with Crippen molar-refractivity contribution >= 4 is 35.6 Å². The summed E-state index contributed by atoms with van der Waals surface area (Å²) < 4.78 is 10.6. The van der Waals surface area contributed by atoms with Gasteiger partial charge in [0.1, 0.15) is 0 Å². The fourth-order valence-electron chi connectivity index (χ4n) is 3.32. The molecule has 0 atom stereocenters. The van der Waals surface area contributed by atoms with Gasteiger partial charge in [0.15, 0.2) is 11.5 Å². The van der Waals surface area contributed by atoms with Gasteiger partial charge in [0.2, 0.25) is 11.9 Å². The maximum atomic E-state index is 12.3. The predicted molar refractivity (Wildman–Crippen MR) is 126 cm³/mol. The van der Waals surface area contributed by atoms with E-state index in [0.717, 1.165) is 22.4 Å². The van der Waals surface area contributed by atoms with Crippen LogP contribution in [0.15, 0.2) is 42.6 Å². The SMILES string of the molecule is COc1ccc(Nc2ncc3c(n2)-c2cc(C#CCN)ccc2NC(=O)C3)cc1OC.Cl. The Balaban J connectivity index is 0.00000289. The van der Waals surface area contributed by atoms with Crippen LogP contribution in [-0.4, -0.2) is 36.6 Å². The van der Waals surface area contributed by atoms with Crippen molar-refractivity contribution in [3.8, 4) is 34.6 Å². The lowest BCUT2D eigenvalue weighted by atomic mass is 10.0. The van der Waals surface area contributed by atoms with E-state index >= 15 is 0 Å². The van der Waals surface area contributed by atoms with E-state index in [2.05, 4.69) is 27.5 Å². The molecule has 4 N–H and O–H groups in total. The van der Waals surface area contributed by atoms with Crippen LogP contribution >= 0.6 is 12.4 Å². The van der Waals surface area contributed by atoms with Gasteiger partial charge in [-0.2, -0.15) is 0 Å². The molecule has 32 heavy (non-hydrogen) atoms. The second-order valence-electron chi connectivity index (χ2n) is 6.75. The smallest absolute Gasteiger partial charge is 0.228 e. The first kappa shape index (κ1) is 22.9. The highest BCUT2D eigenvalue weighted by atomic mass is 35.5. The molecule has 0 unspecified atom stereocenters. The average Bonchev–Trinajstić information content (AvgIpc) is 2.92. The highest BCUT2D eigenvalue weighted by Crippen LogP contribution is 2.35. The zero-order valence-corrected chi connectivity index (χ0v) is 18.4. The van der Waals surface area contributed by atoms with Crippen molar-refractivity contribution in [2.45, 2.75) is 6.42 Å². The third-order valence-corrected chi connectivity index (χ3v) is 4.74. The lowest BCUT2D eigenvalue weighted by Crippen LogP contribution is -2.12. The summed E-state index contributed by atoms with van der Waals surface area (Å²) in [4.78, 5) is 21.4. The van der Waals surface area contributed by atoms with Crippen LogP contribution < -0.4 is 25.8 Å². The molecule has 0 radical (unpaired) electrons. The number of benzene rings is 2. The van der Waals surface area contributed by atoms with E-state index in [4.69, 9.17) is 20.2 Å². The second kappa shape index (κ2) is 10.0. The number of aromatic nitrogens is 2. The number of nitrogens with one attached hydrogen (secondary N) is 2. The van der Waals surface area contributed by atoms with E-state index in [0.29, 0.717) is 28.8 Å². The van der Waals surface area contributed by atoms with Gasteiger partial charge in [-0.3, -0.25) is 4.79 Å². The summed E-state index contributed by atoms with van der Waals surface area (Å²) in [6.07, 6.45) is 1.85. The quantitative estimate of drug-likeness (QED) is 0.522. The zero-order valence-electron chi connectivity index (χ0n) is 17.6. The summed E-state index contributed by atoms with van der Waals surface area (Å²) in [5, 5.41) is 6.10. The molecule has 0 saturated heterocycles. The van der Waals surface area contributed by atoms with Crippen LogP contribution in [0.4, 0.5) is 17.3 Å². The zero-order chi connectivity index (χ0) is 21.8. The normalized spacial score (nSPS) is 11.4. The van der Waals surface area contributed by atoms with Gasteiger partial charge < -0.3 is 25.8 Å². The Hall–Kier alpha value is -3.80. The Morgan fingerprint density at radius 2 is 1.97 bits per heavy atom. The van der Waals surface area contributed by atoms with Crippen LogP contribution in [0.3, 0.4) is 0 Å². The molecule has 9 heteroatoms. The van der Waals surface area contributed by atoms with Crippen LogP contribution in [0.5, 0.6) is 11.5 Å². The van der Waals surface area contributed by atoms with Crippen molar-refractivity contribution in [3.63, 3.8) is 0 Å². The summed E-state index contributed by atoms with van der Waals surface area (Å²) in [6, 6.07) is 11.0. The number of nitrogens with two attached hydrogens (primary N) is 1. The minimum atomic E-state index is -0.120. The summed E-state index contributed by atoms with van der Waals surface area (Å²) in [5.74, 6) is 7.36. The summed E-state index contributed by atoms with van der Waals surface area (Å²) in [6.45, 7) is 0.270. The van der Waals surface area contributed by atoms with Crippen LogP contribution in [0.25, 0.3) is 11.3 Å². The molecule has 2 aromatic carbocycles. The number of ether oxygens (including phenoxy) is 2. The molecule has 0 bridgehead atoms.